The van der Waals surface area contributed by atoms with Crippen LogP contribution in [0.1, 0.15) is 45.6 Å². The molecule has 1 amide bonds. The first-order valence-corrected chi connectivity index (χ1v) is 12.3. The largest absolute Gasteiger partial charge is 0.474 e. The molecule has 1 saturated carbocycles. The van der Waals surface area contributed by atoms with E-state index in [-0.39, 0.29) is 19.2 Å². The van der Waals surface area contributed by atoms with Crippen molar-refractivity contribution in [2.45, 2.75) is 58.3 Å². The number of amides is 1. The molecule has 10 heteroatoms. The van der Waals surface area contributed by atoms with Crippen LogP contribution in [0.25, 0.3) is 0 Å². The van der Waals surface area contributed by atoms with Gasteiger partial charge in [-0.2, -0.15) is 0 Å². The van der Waals surface area contributed by atoms with Gasteiger partial charge in [0.05, 0.1) is 18.6 Å². The Balaban J connectivity index is 2.12. The number of esters is 1. The molecule has 0 saturated heterocycles. The summed E-state index contributed by atoms with van der Waals surface area (Å²) in [4.78, 5) is 25.1. The van der Waals surface area contributed by atoms with Gasteiger partial charge in [-0.3, -0.25) is 18.4 Å². The number of ether oxygens (including phenoxy) is 2. The Kier molecular flexibility index (Phi) is 10.1. The van der Waals surface area contributed by atoms with Gasteiger partial charge in [-0.05, 0) is 45.6 Å². The lowest BCUT2D eigenvalue weighted by Crippen LogP contribution is -2.40. The summed E-state index contributed by atoms with van der Waals surface area (Å²) in [6.07, 6.45) is 3.20. The van der Waals surface area contributed by atoms with Crippen molar-refractivity contribution in [3.63, 3.8) is 0 Å². The number of phosphoric ester groups is 1. The Bertz CT molecular complexity index is 857. The predicted octanol–water partition coefficient (Wildman–Crippen LogP) is 4.77. The first-order valence-electron chi connectivity index (χ1n) is 10.8. The van der Waals surface area contributed by atoms with E-state index in [1.54, 1.807) is 26.8 Å². The van der Waals surface area contributed by atoms with Crippen molar-refractivity contribution >= 4 is 19.9 Å². The Hall–Kier alpha value is -2.19. The number of alkyl carbamates (subject to hydrolysis) is 1. The van der Waals surface area contributed by atoms with Gasteiger partial charge in [-0.15, -0.1) is 0 Å². The maximum atomic E-state index is 12.7. The van der Waals surface area contributed by atoms with Crippen molar-refractivity contribution in [3.05, 3.63) is 47.5 Å². The molecule has 1 aromatic rings. The van der Waals surface area contributed by atoms with E-state index in [2.05, 4.69) is 5.32 Å². The van der Waals surface area contributed by atoms with Crippen LogP contribution in [0.5, 0.6) is 0 Å². The van der Waals surface area contributed by atoms with E-state index in [0.717, 1.165) is 17.6 Å². The lowest BCUT2D eigenvalue weighted by Gasteiger charge is -2.24. The standard InChI is InChI=1S/C23H34NO8P/c1-23(2,3)32-22(26)24-19(16-31-33(27,28-4)29-5)14-18-12-9-13-20(18)21(25)30-15-17-10-7-6-8-11-17/h6-8,10-11,14,19-20H,9,12-13,15-16H2,1-5H3,(H,24,26)/b18-14+/t19-,20-/m1/s1. The summed E-state index contributed by atoms with van der Waals surface area (Å²) in [5.74, 6) is -0.743. The minimum absolute atomic E-state index is 0.191. The number of hydrogen-bond donors (Lipinski definition) is 1. The van der Waals surface area contributed by atoms with Gasteiger partial charge >= 0.3 is 19.9 Å². The molecule has 1 fully saturated rings. The summed E-state index contributed by atoms with van der Waals surface area (Å²) in [6.45, 7) is 5.23. The van der Waals surface area contributed by atoms with Gasteiger partial charge in [0.15, 0.2) is 0 Å². The molecule has 0 heterocycles. The summed E-state index contributed by atoms with van der Waals surface area (Å²) in [6, 6.07) is 8.72. The first-order chi connectivity index (χ1) is 15.5. The van der Waals surface area contributed by atoms with E-state index in [4.69, 9.17) is 23.0 Å². The fraction of sp³-hybridized carbons (Fsp3) is 0.565. The minimum Gasteiger partial charge on any atom is -0.460 e. The molecule has 0 bridgehead atoms. The highest BCUT2D eigenvalue weighted by atomic mass is 31.2. The maximum Gasteiger partial charge on any atom is 0.474 e. The number of rotatable bonds is 10. The number of nitrogens with one attached hydrogen (secondary N) is 1. The lowest BCUT2D eigenvalue weighted by atomic mass is 10.0. The van der Waals surface area contributed by atoms with Crippen LogP contribution in [-0.4, -0.2) is 44.5 Å². The average Bonchev–Trinajstić information content (AvgIpc) is 3.23. The summed E-state index contributed by atoms with van der Waals surface area (Å²) in [5, 5.41) is 2.69. The Morgan fingerprint density at radius 1 is 1.18 bits per heavy atom. The molecule has 0 spiro atoms. The van der Waals surface area contributed by atoms with Gasteiger partial charge < -0.3 is 14.8 Å². The molecule has 1 aliphatic carbocycles. The van der Waals surface area contributed by atoms with Crippen LogP contribution in [0.15, 0.2) is 42.0 Å². The Labute approximate surface area is 195 Å². The molecular formula is C23H34NO8P. The Morgan fingerprint density at radius 2 is 1.85 bits per heavy atom. The topological polar surface area (TPSA) is 109 Å². The number of carbonyl (C=O) groups excluding carboxylic acids is 2. The zero-order valence-corrected chi connectivity index (χ0v) is 20.8. The highest BCUT2D eigenvalue weighted by molar-refractivity contribution is 7.48. The maximum absolute atomic E-state index is 12.7. The van der Waals surface area contributed by atoms with Crippen molar-refractivity contribution in [3.8, 4) is 0 Å². The van der Waals surface area contributed by atoms with Gasteiger partial charge in [0, 0.05) is 14.2 Å². The number of benzene rings is 1. The predicted molar refractivity (Wildman–Crippen MR) is 122 cm³/mol. The fourth-order valence-corrected chi connectivity index (χ4v) is 4.07. The first kappa shape index (κ1) is 27.1. The van der Waals surface area contributed by atoms with Crippen molar-refractivity contribution in [1.29, 1.82) is 0 Å². The molecule has 0 unspecified atom stereocenters. The van der Waals surface area contributed by atoms with Crippen molar-refractivity contribution in [2.75, 3.05) is 20.8 Å². The molecule has 2 atom stereocenters. The van der Waals surface area contributed by atoms with E-state index in [0.29, 0.717) is 12.8 Å². The van der Waals surface area contributed by atoms with Crippen LogP contribution in [0.4, 0.5) is 4.79 Å². The molecule has 0 aliphatic heterocycles. The van der Waals surface area contributed by atoms with Gasteiger partial charge in [0.25, 0.3) is 0 Å². The van der Waals surface area contributed by atoms with Crippen LogP contribution in [0, 0.1) is 5.92 Å². The third-order valence-corrected chi connectivity index (χ3v) is 6.25. The van der Waals surface area contributed by atoms with Gasteiger partial charge in [-0.1, -0.05) is 42.0 Å². The molecule has 184 valence electrons. The zero-order valence-electron chi connectivity index (χ0n) is 19.9. The highest BCUT2D eigenvalue weighted by Crippen LogP contribution is 2.47. The minimum atomic E-state index is -3.76. The van der Waals surface area contributed by atoms with Gasteiger partial charge in [0.2, 0.25) is 0 Å². The second kappa shape index (κ2) is 12.3. The number of phosphoric acid groups is 1. The molecule has 0 aromatic heterocycles. The monoisotopic (exact) mass is 483 g/mol. The summed E-state index contributed by atoms with van der Waals surface area (Å²) >= 11 is 0. The van der Waals surface area contributed by atoms with Crippen LogP contribution in [-0.2, 0) is 39.0 Å². The van der Waals surface area contributed by atoms with Crippen LogP contribution in [0.3, 0.4) is 0 Å². The number of carbonyl (C=O) groups is 2. The van der Waals surface area contributed by atoms with E-state index in [1.807, 2.05) is 30.3 Å². The lowest BCUT2D eigenvalue weighted by molar-refractivity contribution is -0.148. The average molecular weight is 483 g/mol. The zero-order chi connectivity index (χ0) is 24.5. The molecule has 1 aromatic carbocycles. The molecular weight excluding hydrogens is 449 g/mol. The second-order valence-electron chi connectivity index (χ2n) is 8.64. The third kappa shape index (κ3) is 9.29. The summed E-state index contributed by atoms with van der Waals surface area (Å²) in [5.41, 5.74) is 1.03. The second-order valence-corrected chi connectivity index (χ2v) is 10.5. The normalized spacial score (nSPS) is 18.7. The van der Waals surface area contributed by atoms with E-state index >= 15 is 0 Å². The van der Waals surface area contributed by atoms with Crippen LogP contribution >= 0.6 is 7.82 Å². The fourth-order valence-electron chi connectivity index (χ4n) is 3.37. The van der Waals surface area contributed by atoms with Crippen molar-refractivity contribution < 1.29 is 37.2 Å². The van der Waals surface area contributed by atoms with E-state index in [9.17, 15) is 14.2 Å². The van der Waals surface area contributed by atoms with Crippen molar-refractivity contribution in [2.24, 2.45) is 5.92 Å². The van der Waals surface area contributed by atoms with Crippen molar-refractivity contribution in [1.82, 2.24) is 5.32 Å². The highest BCUT2D eigenvalue weighted by Gasteiger charge is 2.31. The Morgan fingerprint density at radius 3 is 2.45 bits per heavy atom. The molecule has 2 rings (SSSR count). The van der Waals surface area contributed by atoms with E-state index in [1.165, 1.54) is 14.2 Å². The third-order valence-electron chi connectivity index (χ3n) is 4.89. The summed E-state index contributed by atoms with van der Waals surface area (Å²) in [7, 11) is -1.35. The van der Waals surface area contributed by atoms with Gasteiger partial charge in [0.1, 0.15) is 12.2 Å². The molecule has 1 aliphatic rings. The van der Waals surface area contributed by atoms with Crippen LogP contribution in [0.2, 0.25) is 0 Å². The van der Waals surface area contributed by atoms with E-state index < -0.39 is 31.5 Å². The molecule has 0 radical (unpaired) electrons. The van der Waals surface area contributed by atoms with Gasteiger partial charge in [-0.25, -0.2) is 9.36 Å². The smallest absolute Gasteiger partial charge is 0.460 e. The quantitative estimate of drug-likeness (QED) is 0.288. The molecule has 33 heavy (non-hydrogen) atoms. The SMILES string of the molecule is COP(=O)(OC)OC[C@@H](/C=C1\CCC[C@H]1C(=O)OCc1ccccc1)NC(=O)OC(C)(C)C. The van der Waals surface area contributed by atoms with Crippen LogP contribution < -0.4 is 5.32 Å². The number of hydrogen-bond acceptors (Lipinski definition) is 8. The molecule has 1 N–H and O–H groups in total. The molecule has 9 nitrogen and oxygen atoms in total. The summed E-state index contributed by atoms with van der Waals surface area (Å²) < 4.78 is 38.0.